The molecule has 1 aromatic carbocycles. The molecule has 0 atom stereocenters. The summed E-state index contributed by atoms with van der Waals surface area (Å²) in [5.74, 6) is -0.790. The van der Waals surface area contributed by atoms with Crippen LogP contribution in [0.15, 0.2) is 24.3 Å². The second-order valence-corrected chi connectivity index (χ2v) is 2.14. The summed E-state index contributed by atoms with van der Waals surface area (Å²) in [6, 6.07) is 5.55. The van der Waals surface area contributed by atoms with Crippen LogP contribution in [0.4, 0.5) is 5.69 Å². The molecule has 0 aliphatic rings. The normalized spacial score (nSPS) is 7.47. The third kappa shape index (κ3) is 5.34. The van der Waals surface area contributed by atoms with Gasteiger partial charge in [-0.05, 0) is 6.07 Å². The van der Waals surface area contributed by atoms with Gasteiger partial charge in [-0.1, -0.05) is 12.1 Å². The molecule has 0 bridgehead atoms. The quantitative estimate of drug-likeness (QED) is 0.329. The van der Waals surface area contributed by atoms with Crippen LogP contribution in [0.1, 0.15) is 10.4 Å². The SMILES string of the molecule is Cl.NC(=O)c1ccccc1[N+](=O)[O-].[Cl-].[Na+]. The van der Waals surface area contributed by atoms with E-state index < -0.39 is 10.8 Å². The maximum Gasteiger partial charge on any atom is 1.00 e. The molecule has 0 saturated heterocycles. The third-order valence-electron chi connectivity index (χ3n) is 1.37. The van der Waals surface area contributed by atoms with Crippen molar-refractivity contribution in [3.05, 3.63) is 39.9 Å². The van der Waals surface area contributed by atoms with Gasteiger partial charge in [0.2, 0.25) is 0 Å². The molecule has 78 valence electrons. The fourth-order valence-corrected chi connectivity index (χ4v) is 0.841. The van der Waals surface area contributed by atoms with Crippen LogP contribution in [0.3, 0.4) is 0 Å². The molecule has 0 unspecified atom stereocenters. The van der Waals surface area contributed by atoms with Gasteiger partial charge in [0.25, 0.3) is 11.6 Å². The van der Waals surface area contributed by atoms with E-state index in [0.717, 1.165) is 0 Å². The number of rotatable bonds is 2. The number of carbonyl (C=O) groups excluding carboxylic acids is 1. The molecular formula is C7H7Cl2N2NaO3. The Morgan fingerprint density at radius 3 is 2.13 bits per heavy atom. The molecule has 0 aromatic heterocycles. The Morgan fingerprint density at radius 1 is 1.33 bits per heavy atom. The summed E-state index contributed by atoms with van der Waals surface area (Å²) in [6.07, 6.45) is 0. The maximum atomic E-state index is 10.6. The number of amides is 1. The Balaban J connectivity index is -0.000000480. The number of hydrogen-bond donors (Lipinski definition) is 1. The molecule has 0 saturated carbocycles. The standard InChI is InChI=1S/C7H6N2O3.2ClH.Na/c8-7(10)5-3-1-2-4-6(5)9(11)12;;;/h1-4H,(H2,8,10);2*1H;/q;;;+1/p-1. The molecule has 0 radical (unpaired) electrons. The summed E-state index contributed by atoms with van der Waals surface area (Å²) in [6.45, 7) is 0. The second-order valence-electron chi connectivity index (χ2n) is 2.14. The van der Waals surface area contributed by atoms with Crippen molar-refractivity contribution >= 4 is 24.0 Å². The first kappa shape index (κ1) is 20.1. The molecule has 0 aliphatic heterocycles. The number of nitro benzene ring substituents is 1. The number of hydrogen-bond acceptors (Lipinski definition) is 3. The smallest absolute Gasteiger partial charge is 1.00 e. The van der Waals surface area contributed by atoms with Gasteiger partial charge in [0.15, 0.2) is 0 Å². The first-order valence-electron chi connectivity index (χ1n) is 3.16. The first-order chi connectivity index (χ1) is 5.63. The van der Waals surface area contributed by atoms with Gasteiger partial charge in [-0.25, -0.2) is 0 Å². The Morgan fingerprint density at radius 2 is 1.80 bits per heavy atom. The van der Waals surface area contributed by atoms with Crippen molar-refractivity contribution in [3.63, 3.8) is 0 Å². The van der Waals surface area contributed by atoms with E-state index in [4.69, 9.17) is 5.73 Å². The Bertz CT molecular complexity index is 316. The second kappa shape index (κ2) is 8.94. The van der Waals surface area contributed by atoms with Crippen LogP contribution >= 0.6 is 12.4 Å². The molecule has 2 N–H and O–H groups in total. The maximum absolute atomic E-state index is 10.6. The Labute approximate surface area is 121 Å². The summed E-state index contributed by atoms with van der Waals surface area (Å²) < 4.78 is 0. The van der Waals surface area contributed by atoms with Gasteiger partial charge in [0.05, 0.1) is 4.92 Å². The number of benzene rings is 1. The zero-order chi connectivity index (χ0) is 9.14. The zero-order valence-electron chi connectivity index (χ0n) is 7.84. The topological polar surface area (TPSA) is 86.2 Å². The van der Waals surface area contributed by atoms with Crippen LogP contribution in [-0.2, 0) is 0 Å². The van der Waals surface area contributed by atoms with E-state index in [9.17, 15) is 14.9 Å². The molecule has 0 fully saturated rings. The van der Waals surface area contributed by atoms with Crippen molar-refractivity contribution in [1.29, 1.82) is 0 Å². The first-order valence-corrected chi connectivity index (χ1v) is 3.16. The molecular weight excluding hydrogens is 254 g/mol. The average Bonchev–Trinajstić information content (AvgIpc) is 2.04. The van der Waals surface area contributed by atoms with Crippen molar-refractivity contribution in [2.24, 2.45) is 5.73 Å². The summed E-state index contributed by atoms with van der Waals surface area (Å²) in [5, 5.41) is 10.3. The van der Waals surface area contributed by atoms with E-state index in [0.29, 0.717) is 0 Å². The fraction of sp³-hybridized carbons (Fsp3) is 0. The van der Waals surface area contributed by atoms with Gasteiger partial charge in [-0.3, -0.25) is 14.9 Å². The van der Waals surface area contributed by atoms with E-state index >= 15 is 0 Å². The molecule has 1 rings (SSSR count). The monoisotopic (exact) mass is 260 g/mol. The number of nitrogens with two attached hydrogens (primary N) is 1. The molecule has 15 heavy (non-hydrogen) atoms. The molecule has 8 heteroatoms. The average molecular weight is 261 g/mol. The largest absolute Gasteiger partial charge is 1.00 e. The predicted molar refractivity (Wildman–Crippen MR) is 48.9 cm³/mol. The minimum absolute atomic E-state index is 0. The van der Waals surface area contributed by atoms with Gasteiger partial charge in [-0.15, -0.1) is 12.4 Å². The number of carbonyl (C=O) groups is 1. The third-order valence-corrected chi connectivity index (χ3v) is 1.37. The van der Waals surface area contributed by atoms with Crippen LogP contribution in [0.5, 0.6) is 0 Å². The van der Waals surface area contributed by atoms with Gasteiger partial charge in [0.1, 0.15) is 5.56 Å². The molecule has 0 spiro atoms. The van der Waals surface area contributed by atoms with Gasteiger partial charge >= 0.3 is 29.6 Å². The molecule has 1 aromatic rings. The van der Waals surface area contributed by atoms with Crippen LogP contribution in [0.25, 0.3) is 0 Å². The number of para-hydroxylation sites is 1. The van der Waals surface area contributed by atoms with E-state index in [1.807, 2.05) is 0 Å². The summed E-state index contributed by atoms with van der Waals surface area (Å²) in [5.41, 5.74) is 4.58. The van der Waals surface area contributed by atoms with Crippen LogP contribution in [-0.4, -0.2) is 10.8 Å². The fourth-order valence-electron chi connectivity index (χ4n) is 0.841. The van der Waals surface area contributed by atoms with E-state index in [1.165, 1.54) is 24.3 Å². The summed E-state index contributed by atoms with van der Waals surface area (Å²) in [7, 11) is 0. The van der Waals surface area contributed by atoms with Gasteiger partial charge in [-0.2, -0.15) is 0 Å². The van der Waals surface area contributed by atoms with Crippen LogP contribution in [0, 0.1) is 10.1 Å². The van der Waals surface area contributed by atoms with Crippen molar-refractivity contribution < 1.29 is 51.7 Å². The minimum atomic E-state index is -0.790. The molecule has 5 nitrogen and oxygen atoms in total. The molecule has 1 amide bonds. The van der Waals surface area contributed by atoms with Crippen molar-refractivity contribution in [3.8, 4) is 0 Å². The number of nitro groups is 1. The van der Waals surface area contributed by atoms with Gasteiger partial charge in [0, 0.05) is 6.07 Å². The number of nitrogens with zero attached hydrogens (tertiary/aromatic N) is 1. The van der Waals surface area contributed by atoms with Crippen molar-refractivity contribution in [2.75, 3.05) is 0 Å². The molecule has 0 aliphatic carbocycles. The number of primary amides is 1. The van der Waals surface area contributed by atoms with Crippen LogP contribution < -0.4 is 47.7 Å². The number of halogens is 2. The summed E-state index contributed by atoms with van der Waals surface area (Å²) >= 11 is 0. The van der Waals surface area contributed by atoms with Crippen LogP contribution in [0.2, 0.25) is 0 Å². The minimum Gasteiger partial charge on any atom is -1.00 e. The van der Waals surface area contributed by atoms with Gasteiger partial charge < -0.3 is 18.1 Å². The Hall–Kier alpha value is -0.330. The Kier molecular flexibility index (Phi) is 12.0. The van der Waals surface area contributed by atoms with E-state index in [2.05, 4.69) is 0 Å². The zero-order valence-corrected chi connectivity index (χ0v) is 11.4. The predicted octanol–water partition coefficient (Wildman–Crippen LogP) is -4.88. The van der Waals surface area contributed by atoms with E-state index in [1.54, 1.807) is 0 Å². The molecule has 0 heterocycles. The van der Waals surface area contributed by atoms with Crippen molar-refractivity contribution in [2.45, 2.75) is 0 Å². The summed E-state index contributed by atoms with van der Waals surface area (Å²) in [4.78, 5) is 20.3. The van der Waals surface area contributed by atoms with E-state index in [-0.39, 0.29) is 65.6 Å². The van der Waals surface area contributed by atoms with Crippen molar-refractivity contribution in [1.82, 2.24) is 0 Å².